The molecule has 0 heterocycles. The average Bonchev–Trinajstić information content (AvgIpc) is 2.85. The van der Waals surface area contributed by atoms with E-state index in [1.54, 1.807) is 0 Å². The molecule has 0 radical (unpaired) electrons. The van der Waals surface area contributed by atoms with E-state index in [4.69, 9.17) is 4.74 Å². The number of aliphatic hydroxyl groups is 2. The number of nitrogens with one attached hydrogen (secondary N) is 1. The van der Waals surface area contributed by atoms with Crippen molar-refractivity contribution in [3.8, 4) is 0 Å². The molecule has 1 unspecified atom stereocenters. The molecule has 1 atom stereocenters. The van der Waals surface area contributed by atoms with Gasteiger partial charge in [0.25, 0.3) is 0 Å². The lowest BCUT2D eigenvalue weighted by molar-refractivity contribution is 0.0275. The van der Waals surface area contributed by atoms with Gasteiger partial charge in [0.1, 0.15) is 0 Å². The van der Waals surface area contributed by atoms with Gasteiger partial charge in [-0.25, -0.2) is 0 Å². The van der Waals surface area contributed by atoms with E-state index in [1.807, 2.05) is 0 Å². The van der Waals surface area contributed by atoms with Crippen LogP contribution in [0.25, 0.3) is 0 Å². The average molecular weight is 273 g/mol. The van der Waals surface area contributed by atoms with Crippen molar-refractivity contribution in [1.29, 1.82) is 0 Å². The summed E-state index contributed by atoms with van der Waals surface area (Å²) in [6, 6.07) is 0. The summed E-state index contributed by atoms with van der Waals surface area (Å²) >= 11 is 0. The Balaban J connectivity index is 2.05. The lowest BCUT2D eigenvalue weighted by Gasteiger charge is -2.29. The first-order valence-electron chi connectivity index (χ1n) is 7.70. The van der Waals surface area contributed by atoms with Crippen molar-refractivity contribution in [2.24, 2.45) is 5.92 Å². The Morgan fingerprint density at radius 3 is 2.53 bits per heavy atom. The molecule has 0 aliphatic heterocycles. The second-order valence-corrected chi connectivity index (χ2v) is 6.29. The molecule has 0 saturated heterocycles. The minimum Gasteiger partial charge on any atom is -0.394 e. The van der Waals surface area contributed by atoms with Crippen molar-refractivity contribution in [3.05, 3.63) is 0 Å². The lowest BCUT2D eigenvalue weighted by atomic mass is 9.99. The van der Waals surface area contributed by atoms with Crippen LogP contribution in [0.15, 0.2) is 0 Å². The van der Waals surface area contributed by atoms with Crippen LogP contribution in [0.3, 0.4) is 0 Å². The van der Waals surface area contributed by atoms with Crippen LogP contribution in [0.5, 0.6) is 0 Å². The van der Waals surface area contributed by atoms with Gasteiger partial charge in [-0.1, -0.05) is 26.7 Å². The summed E-state index contributed by atoms with van der Waals surface area (Å²) in [4.78, 5) is 0. The van der Waals surface area contributed by atoms with E-state index in [1.165, 1.54) is 6.42 Å². The van der Waals surface area contributed by atoms with Gasteiger partial charge in [-0.05, 0) is 31.6 Å². The molecule has 1 saturated carbocycles. The highest BCUT2D eigenvalue weighted by Crippen LogP contribution is 2.28. The number of hydrogen-bond donors (Lipinski definition) is 3. The van der Waals surface area contributed by atoms with E-state index in [0.717, 1.165) is 38.7 Å². The Labute approximate surface area is 117 Å². The maximum Gasteiger partial charge on any atom is 0.0897 e. The minimum atomic E-state index is -0.483. The van der Waals surface area contributed by atoms with Crippen LogP contribution in [0.4, 0.5) is 0 Å². The van der Waals surface area contributed by atoms with E-state index in [0.29, 0.717) is 19.1 Å². The monoisotopic (exact) mass is 273 g/mol. The third kappa shape index (κ3) is 6.70. The fourth-order valence-corrected chi connectivity index (χ4v) is 2.65. The van der Waals surface area contributed by atoms with Crippen LogP contribution in [0, 0.1) is 5.92 Å². The van der Waals surface area contributed by atoms with Crippen molar-refractivity contribution in [1.82, 2.24) is 5.32 Å². The molecule has 0 spiro atoms. The zero-order valence-corrected chi connectivity index (χ0v) is 12.5. The van der Waals surface area contributed by atoms with Crippen molar-refractivity contribution in [2.45, 2.75) is 64.0 Å². The molecule has 0 aromatic heterocycles. The first kappa shape index (κ1) is 16.9. The molecule has 1 aliphatic rings. The SMILES string of the molecule is CC(C)CCCOCC(O)CNC1(CO)CCCC1. The van der Waals surface area contributed by atoms with Gasteiger partial charge in [-0.2, -0.15) is 0 Å². The number of ether oxygens (including phenoxy) is 1. The Morgan fingerprint density at radius 2 is 1.95 bits per heavy atom. The molecule has 0 amide bonds. The Morgan fingerprint density at radius 1 is 1.26 bits per heavy atom. The van der Waals surface area contributed by atoms with E-state index in [-0.39, 0.29) is 12.1 Å². The quantitative estimate of drug-likeness (QED) is 0.530. The van der Waals surface area contributed by atoms with Crippen molar-refractivity contribution >= 4 is 0 Å². The standard InChI is InChI=1S/C15H31NO3/c1-13(2)6-5-9-19-11-14(18)10-16-15(12-17)7-3-4-8-15/h13-14,16-18H,3-12H2,1-2H3. The molecule has 1 fully saturated rings. The zero-order chi connectivity index (χ0) is 14.1. The highest BCUT2D eigenvalue weighted by atomic mass is 16.5. The van der Waals surface area contributed by atoms with Crippen LogP contribution in [0.2, 0.25) is 0 Å². The predicted octanol–water partition coefficient (Wildman–Crippen LogP) is 1.69. The highest BCUT2D eigenvalue weighted by Gasteiger charge is 2.32. The molecular formula is C15H31NO3. The zero-order valence-electron chi connectivity index (χ0n) is 12.5. The summed E-state index contributed by atoms with van der Waals surface area (Å²) in [5.41, 5.74) is -0.154. The third-order valence-electron chi connectivity index (χ3n) is 3.96. The molecular weight excluding hydrogens is 242 g/mol. The summed E-state index contributed by atoms with van der Waals surface area (Å²) in [5.74, 6) is 0.710. The van der Waals surface area contributed by atoms with Crippen molar-refractivity contribution in [2.75, 3.05) is 26.4 Å². The van der Waals surface area contributed by atoms with E-state index >= 15 is 0 Å². The molecule has 0 aromatic rings. The summed E-state index contributed by atoms with van der Waals surface area (Å²) in [7, 11) is 0. The van der Waals surface area contributed by atoms with Gasteiger partial charge in [0.05, 0.1) is 19.3 Å². The molecule has 1 aliphatic carbocycles. The van der Waals surface area contributed by atoms with E-state index < -0.39 is 6.10 Å². The molecule has 4 nitrogen and oxygen atoms in total. The van der Waals surface area contributed by atoms with Gasteiger partial charge < -0.3 is 20.3 Å². The molecule has 0 aromatic carbocycles. The topological polar surface area (TPSA) is 61.7 Å². The summed E-state index contributed by atoms with van der Waals surface area (Å²) < 4.78 is 5.48. The van der Waals surface area contributed by atoms with Gasteiger partial charge in [0.15, 0.2) is 0 Å². The van der Waals surface area contributed by atoms with Crippen LogP contribution in [-0.2, 0) is 4.74 Å². The largest absolute Gasteiger partial charge is 0.394 e. The normalized spacial score (nSPS) is 20.1. The second-order valence-electron chi connectivity index (χ2n) is 6.29. The van der Waals surface area contributed by atoms with Crippen LogP contribution in [0.1, 0.15) is 52.4 Å². The molecule has 3 N–H and O–H groups in total. The first-order valence-corrected chi connectivity index (χ1v) is 7.70. The van der Waals surface area contributed by atoms with E-state index in [9.17, 15) is 10.2 Å². The third-order valence-corrected chi connectivity index (χ3v) is 3.96. The van der Waals surface area contributed by atoms with Gasteiger partial charge in [0, 0.05) is 18.7 Å². The van der Waals surface area contributed by atoms with Gasteiger partial charge in [-0.15, -0.1) is 0 Å². The summed E-state index contributed by atoms with van der Waals surface area (Å²) in [5, 5.41) is 22.6. The molecule has 4 heteroatoms. The lowest BCUT2D eigenvalue weighted by Crippen LogP contribution is -2.49. The second kappa shape index (κ2) is 8.90. The Kier molecular flexibility index (Phi) is 7.91. The van der Waals surface area contributed by atoms with Gasteiger partial charge >= 0.3 is 0 Å². The number of β-amino-alcohol motifs (C(OH)–C–C–N with tert-alkyl or cyclic N) is 1. The smallest absolute Gasteiger partial charge is 0.0897 e. The summed E-state index contributed by atoms with van der Waals surface area (Å²) in [6.45, 7) is 6.18. The van der Waals surface area contributed by atoms with Crippen molar-refractivity contribution in [3.63, 3.8) is 0 Å². The van der Waals surface area contributed by atoms with Crippen LogP contribution < -0.4 is 5.32 Å². The maximum atomic E-state index is 9.86. The fourth-order valence-electron chi connectivity index (χ4n) is 2.65. The van der Waals surface area contributed by atoms with E-state index in [2.05, 4.69) is 19.2 Å². The molecule has 0 bridgehead atoms. The predicted molar refractivity (Wildman–Crippen MR) is 77.2 cm³/mol. The van der Waals surface area contributed by atoms with Crippen LogP contribution in [-0.4, -0.2) is 48.2 Å². The number of aliphatic hydroxyl groups excluding tert-OH is 2. The minimum absolute atomic E-state index is 0.154. The summed E-state index contributed by atoms with van der Waals surface area (Å²) in [6.07, 6.45) is 6.07. The Bertz CT molecular complexity index is 227. The van der Waals surface area contributed by atoms with Gasteiger partial charge in [0.2, 0.25) is 0 Å². The number of rotatable bonds is 10. The first-order chi connectivity index (χ1) is 9.08. The molecule has 114 valence electrons. The molecule has 19 heavy (non-hydrogen) atoms. The maximum absolute atomic E-state index is 9.86. The number of hydrogen-bond acceptors (Lipinski definition) is 4. The fraction of sp³-hybridized carbons (Fsp3) is 1.00. The van der Waals surface area contributed by atoms with Gasteiger partial charge in [-0.3, -0.25) is 0 Å². The highest BCUT2D eigenvalue weighted by molar-refractivity contribution is 4.92. The molecule has 1 rings (SSSR count). The Hall–Kier alpha value is -0.160. The van der Waals surface area contributed by atoms with Crippen molar-refractivity contribution < 1.29 is 14.9 Å². The van der Waals surface area contributed by atoms with Crippen LogP contribution >= 0.6 is 0 Å².